The molecule has 1 saturated heterocycles. The molecule has 1 saturated carbocycles. The maximum atomic E-state index is 10.2. The third-order valence-electron chi connectivity index (χ3n) is 2.27. The zero-order valence-electron chi connectivity index (χ0n) is 5.46. The molecule has 0 bridgehead atoms. The van der Waals surface area contributed by atoms with Crippen LogP contribution in [0, 0.1) is 5.92 Å². The van der Waals surface area contributed by atoms with Gasteiger partial charge in [-0.3, -0.25) is 0 Å². The Hall–Kier alpha value is -0.770. The monoisotopic (exact) mass is 143 g/mol. The zero-order chi connectivity index (χ0) is 7.19. The zero-order valence-corrected chi connectivity index (χ0v) is 5.46. The molecule has 0 unspecified atom stereocenters. The summed E-state index contributed by atoms with van der Waals surface area (Å²) in [6.07, 6.45) is 0.0206. The predicted molar refractivity (Wildman–Crippen MR) is 32.8 cm³/mol. The van der Waals surface area contributed by atoms with Gasteiger partial charge in [0, 0.05) is 5.92 Å². The lowest BCUT2D eigenvalue weighted by Crippen LogP contribution is -2.38. The number of ether oxygens (including phenoxy) is 1. The van der Waals surface area contributed by atoms with Crippen molar-refractivity contribution in [3.63, 3.8) is 0 Å². The molecule has 0 aromatic carbocycles. The van der Waals surface area contributed by atoms with Gasteiger partial charge in [0.25, 0.3) is 0 Å². The first-order valence-corrected chi connectivity index (χ1v) is 3.32. The molecule has 1 heterocycles. The Balaban J connectivity index is 1.99. The van der Waals surface area contributed by atoms with Crippen LogP contribution in [0.3, 0.4) is 0 Å². The second kappa shape index (κ2) is 1.63. The highest BCUT2D eigenvalue weighted by atomic mass is 16.5. The van der Waals surface area contributed by atoms with Crippen molar-refractivity contribution in [3.05, 3.63) is 0 Å². The standard InChI is InChI=1S/C6H9NO3/c8-5(9)7-6-1-4(6)2-10-3-6/h4,7H,1-3H2,(H,8,9)/t4-,6-/m1/s1. The molecule has 1 aliphatic heterocycles. The maximum absolute atomic E-state index is 10.2. The molecule has 1 amide bonds. The van der Waals surface area contributed by atoms with Crippen molar-refractivity contribution < 1.29 is 14.6 Å². The van der Waals surface area contributed by atoms with E-state index >= 15 is 0 Å². The first-order chi connectivity index (χ1) is 4.73. The van der Waals surface area contributed by atoms with Crippen LogP contribution < -0.4 is 5.32 Å². The van der Waals surface area contributed by atoms with Crippen LogP contribution in [-0.2, 0) is 4.74 Å². The van der Waals surface area contributed by atoms with Gasteiger partial charge in [0.15, 0.2) is 0 Å². The van der Waals surface area contributed by atoms with E-state index in [2.05, 4.69) is 5.32 Å². The van der Waals surface area contributed by atoms with Gasteiger partial charge >= 0.3 is 6.09 Å². The first-order valence-electron chi connectivity index (χ1n) is 3.32. The van der Waals surface area contributed by atoms with Gasteiger partial charge in [-0.2, -0.15) is 0 Å². The van der Waals surface area contributed by atoms with E-state index < -0.39 is 6.09 Å². The van der Waals surface area contributed by atoms with Crippen LogP contribution in [0.25, 0.3) is 0 Å². The Labute approximate surface area is 58.2 Å². The normalized spacial score (nSPS) is 42.6. The Morgan fingerprint density at radius 2 is 2.60 bits per heavy atom. The average molecular weight is 143 g/mol. The number of amides is 1. The van der Waals surface area contributed by atoms with Crippen LogP contribution in [-0.4, -0.2) is 30.0 Å². The quantitative estimate of drug-likeness (QED) is 0.545. The number of carbonyl (C=O) groups is 1. The van der Waals surface area contributed by atoms with E-state index in [1.807, 2.05) is 0 Å². The van der Waals surface area contributed by atoms with Crippen molar-refractivity contribution in [1.82, 2.24) is 5.32 Å². The van der Waals surface area contributed by atoms with Crippen LogP contribution in [0.1, 0.15) is 6.42 Å². The molecule has 2 rings (SSSR count). The summed E-state index contributed by atoms with van der Waals surface area (Å²) in [7, 11) is 0. The van der Waals surface area contributed by atoms with Gasteiger partial charge in [0.2, 0.25) is 0 Å². The molecule has 4 nitrogen and oxygen atoms in total. The third kappa shape index (κ3) is 0.686. The molecule has 1 aliphatic carbocycles. The fraction of sp³-hybridized carbons (Fsp3) is 0.833. The SMILES string of the molecule is O=C(O)N[C@]12COC[C@H]1C2. The Kier molecular flexibility index (Phi) is 0.976. The molecule has 0 aromatic rings. The third-order valence-corrected chi connectivity index (χ3v) is 2.27. The fourth-order valence-electron chi connectivity index (χ4n) is 1.56. The molecule has 0 radical (unpaired) electrons. The molecule has 2 atom stereocenters. The summed E-state index contributed by atoms with van der Waals surface area (Å²) in [5.41, 5.74) is -0.189. The first kappa shape index (κ1) is 5.97. The molecule has 4 heteroatoms. The molecule has 2 aliphatic rings. The second-order valence-electron chi connectivity index (χ2n) is 3.00. The van der Waals surface area contributed by atoms with Crippen molar-refractivity contribution in [2.75, 3.05) is 13.2 Å². The second-order valence-corrected chi connectivity index (χ2v) is 3.00. The van der Waals surface area contributed by atoms with E-state index in [9.17, 15) is 4.79 Å². The van der Waals surface area contributed by atoms with Crippen LogP contribution in [0.5, 0.6) is 0 Å². The molecular formula is C6H9NO3. The number of hydrogen-bond acceptors (Lipinski definition) is 2. The number of fused-ring (bicyclic) bond motifs is 1. The minimum atomic E-state index is -0.937. The summed E-state index contributed by atoms with van der Waals surface area (Å²) in [6, 6.07) is 0. The van der Waals surface area contributed by atoms with Crippen LogP contribution in [0.2, 0.25) is 0 Å². The van der Waals surface area contributed by atoms with Crippen LogP contribution in [0.4, 0.5) is 4.79 Å². The van der Waals surface area contributed by atoms with E-state index in [0.717, 1.165) is 13.0 Å². The highest BCUT2D eigenvalue weighted by Gasteiger charge is 2.59. The highest BCUT2D eigenvalue weighted by Crippen LogP contribution is 2.48. The maximum Gasteiger partial charge on any atom is 0.405 e. The van der Waals surface area contributed by atoms with Gasteiger partial charge in [-0.25, -0.2) is 4.79 Å². The van der Waals surface area contributed by atoms with Gasteiger partial charge < -0.3 is 15.2 Å². The van der Waals surface area contributed by atoms with Crippen molar-refractivity contribution >= 4 is 6.09 Å². The van der Waals surface area contributed by atoms with E-state index in [4.69, 9.17) is 9.84 Å². The average Bonchev–Trinajstić information content (AvgIpc) is 2.33. The Morgan fingerprint density at radius 1 is 1.80 bits per heavy atom. The summed E-state index contributed by atoms with van der Waals surface area (Å²) < 4.78 is 5.08. The summed E-state index contributed by atoms with van der Waals surface area (Å²) in [5.74, 6) is 0.448. The molecule has 56 valence electrons. The lowest BCUT2D eigenvalue weighted by molar-refractivity contribution is 0.147. The minimum absolute atomic E-state index is 0.189. The molecule has 10 heavy (non-hydrogen) atoms. The topological polar surface area (TPSA) is 58.6 Å². The Bertz CT molecular complexity index is 182. The number of hydrogen-bond donors (Lipinski definition) is 2. The Morgan fingerprint density at radius 3 is 3.00 bits per heavy atom. The van der Waals surface area contributed by atoms with Gasteiger partial charge in [0.1, 0.15) is 0 Å². The summed E-state index contributed by atoms with van der Waals surface area (Å²) in [6.45, 7) is 1.28. The lowest BCUT2D eigenvalue weighted by Gasteiger charge is -2.09. The predicted octanol–water partition coefficient (Wildman–Crippen LogP) is 0.0429. The molecular weight excluding hydrogens is 134 g/mol. The highest BCUT2D eigenvalue weighted by molar-refractivity contribution is 5.66. The number of rotatable bonds is 1. The molecule has 0 aromatic heterocycles. The smallest absolute Gasteiger partial charge is 0.405 e. The van der Waals surface area contributed by atoms with Crippen molar-refractivity contribution in [3.8, 4) is 0 Å². The number of carboxylic acid groups (broad SMARTS) is 1. The lowest BCUT2D eigenvalue weighted by atomic mass is 10.2. The van der Waals surface area contributed by atoms with Gasteiger partial charge in [-0.15, -0.1) is 0 Å². The van der Waals surface area contributed by atoms with E-state index in [-0.39, 0.29) is 5.54 Å². The van der Waals surface area contributed by atoms with Crippen molar-refractivity contribution in [1.29, 1.82) is 0 Å². The summed E-state index contributed by atoms with van der Waals surface area (Å²) in [5, 5.41) is 10.9. The van der Waals surface area contributed by atoms with Crippen LogP contribution >= 0.6 is 0 Å². The number of nitrogens with one attached hydrogen (secondary N) is 1. The van der Waals surface area contributed by atoms with E-state index in [1.54, 1.807) is 0 Å². The molecule has 0 spiro atoms. The summed E-state index contributed by atoms with van der Waals surface area (Å²) in [4.78, 5) is 10.2. The van der Waals surface area contributed by atoms with Gasteiger partial charge in [0.05, 0.1) is 18.8 Å². The van der Waals surface area contributed by atoms with Gasteiger partial charge in [-0.1, -0.05) is 0 Å². The van der Waals surface area contributed by atoms with E-state index in [1.165, 1.54) is 0 Å². The minimum Gasteiger partial charge on any atom is -0.465 e. The summed E-state index contributed by atoms with van der Waals surface area (Å²) >= 11 is 0. The molecule has 2 fully saturated rings. The van der Waals surface area contributed by atoms with Crippen molar-refractivity contribution in [2.45, 2.75) is 12.0 Å². The largest absolute Gasteiger partial charge is 0.465 e. The van der Waals surface area contributed by atoms with Crippen LogP contribution in [0.15, 0.2) is 0 Å². The van der Waals surface area contributed by atoms with E-state index in [0.29, 0.717) is 12.5 Å². The molecule has 2 N–H and O–H groups in total. The van der Waals surface area contributed by atoms with Crippen molar-refractivity contribution in [2.24, 2.45) is 5.92 Å². The fourth-order valence-corrected chi connectivity index (χ4v) is 1.56. The van der Waals surface area contributed by atoms with Gasteiger partial charge in [-0.05, 0) is 6.42 Å².